The summed E-state index contributed by atoms with van der Waals surface area (Å²) in [5.41, 5.74) is 3.05. The molecule has 3 aromatic rings. The van der Waals surface area contributed by atoms with Gasteiger partial charge in [-0.05, 0) is 48.9 Å². The van der Waals surface area contributed by atoms with Crippen molar-refractivity contribution in [3.8, 4) is 5.75 Å². The Morgan fingerprint density at radius 1 is 1.31 bits per heavy atom. The number of fused-ring (bicyclic) bond motifs is 1. The molecule has 0 aliphatic carbocycles. The Bertz CT molecular complexity index is 935. The fourth-order valence-corrected chi connectivity index (χ4v) is 3.61. The van der Waals surface area contributed by atoms with Crippen LogP contribution in [0.1, 0.15) is 28.8 Å². The number of aromatic hydroxyl groups is 1. The second-order valence-electron chi connectivity index (χ2n) is 6.91. The molecule has 134 valence electrons. The summed E-state index contributed by atoms with van der Waals surface area (Å²) in [6, 6.07) is 9.08. The van der Waals surface area contributed by atoms with Crippen LogP contribution < -0.4 is 0 Å². The van der Waals surface area contributed by atoms with E-state index >= 15 is 0 Å². The second-order valence-corrected chi connectivity index (χ2v) is 6.91. The van der Waals surface area contributed by atoms with Gasteiger partial charge in [-0.1, -0.05) is 17.3 Å². The number of likely N-dealkylation sites (tertiary alicyclic amines) is 1. The molecular formula is C19H21N5O2. The SMILES string of the molecule is Cn1nnc2cc(C(=O)N3CCCC(Cc4ccc(O)cc4)C3)cnc21. The Kier molecular flexibility index (Phi) is 4.28. The van der Waals surface area contributed by atoms with Gasteiger partial charge in [-0.15, -0.1) is 5.10 Å². The number of amides is 1. The molecule has 3 heterocycles. The number of aromatic nitrogens is 4. The van der Waals surface area contributed by atoms with Gasteiger partial charge in [0, 0.05) is 26.3 Å². The maximum absolute atomic E-state index is 12.9. The van der Waals surface area contributed by atoms with Crippen molar-refractivity contribution in [2.75, 3.05) is 13.1 Å². The van der Waals surface area contributed by atoms with Crippen LogP contribution in [0.25, 0.3) is 11.2 Å². The zero-order valence-electron chi connectivity index (χ0n) is 14.7. The lowest BCUT2D eigenvalue weighted by Crippen LogP contribution is -2.40. The molecule has 1 aliphatic heterocycles. The van der Waals surface area contributed by atoms with Gasteiger partial charge in [0.25, 0.3) is 5.91 Å². The fourth-order valence-electron chi connectivity index (χ4n) is 3.61. The lowest BCUT2D eigenvalue weighted by atomic mass is 9.91. The number of carbonyl (C=O) groups is 1. The predicted molar refractivity (Wildman–Crippen MR) is 96.7 cm³/mol. The Morgan fingerprint density at radius 3 is 2.92 bits per heavy atom. The molecule has 0 spiro atoms. The molecule has 0 bridgehead atoms. The van der Waals surface area contributed by atoms with Crippen molar-refractivity contribution in [2.45, 2.75) is 19.3 Å². The normalized spacial score (nSPS) is 17.6. The molecule has 2 aromatic heterocycles. The first-order valence-corrected chi connectivity index (χ1v) is 8.83. The first kappa shape index (κ1) is 16.5. The number of phenolic OH excluding ortho intramolecular Hbond substituents is 1. The number of carbonyl (C=O) groups excluding carboxylic acids is 1. The zero-order valence-corrected chi connectivity index (χ0v) is 14.7. The molecule has 1 fully saturated rings. The molecule has 7 heteroatoms. The van der Waals surface area contributed by atoms with Gasteiger partial charge in [-0.2, -0.15) is 0 Å². The fraction of sp³-hybridized carbons (Fsp3) is 0.368. The number of benzene rings is 1. The van der Waals surface area contributed by atoms with E-state index in [1.807, 2.05) is 17.0 Å². The molecule has 1 N–H and O–H groups in total. The van der Waals surface area contributed by atoms with Crippen LogP contribution in [0.3, 0.4) is 0 Å². The zero-order chi connectivity index (χ0) is 18.1. The highest BCUT2D eigenvalue weighted by molar-refractivity contribution is 5.96. The molecule has 4 rings (SSSR count). The number of aryl methyl sites for hydroxylation is 1. The monoisotopic (exact) mass is 351 g/mol. The lowest BCUT2D eigenvalue weighted by Gasteiger charge is -2.33. The summed E-state index contributed by atoms with van der Waals surface area (Å²) in [6.45, 7) is 1.50. The van der Waals surface area contributed by atoms with Crippen LogP contribution in [0.2, 0.25) is 0 Å². The van der Waals surface area contributed by atoms with Crippen LogP contribution in [-0.4, -0.2) is 49.0 Å². The summed E-state index contributed by atoms with van der Waals surface area (Å²) in [5.74, 6) is 0.701. The quantitative estimate of drug-likeness (QED) is 0.782. The predicted octanol–water partition coefficient (Wildman–Crippen LogP) is 2.16. The summed E-state index contributed by atoms with van der Waals surface area (Å²) in [6.07, 6.45) is 4.62. The topological polar surface area (TPSA) is 84.1 Å². The third-order valence-electron chi connectivity index (χ3n) is 4.95. The molecule has 1 aromatic carbocycles. The third kappa shape index (κ3) is 3.24. The minimum atomic E-state index is 0.000425. The van der Waals surface area contributed by atoms with E-state index in [1.54, 1.807) is 36.1 Å². The molecule has 0 radical (unpaired) electrons. The van der Waals surface area contributed by atoms with E-state index in [1.165, 1.54) is 5.56 Å². The largest absolute Gasteiger partial charge is 0.508 e. The van der Waals surface area contributed by atoms with Gasteiger partial charge in [0.15, 0.2) is 5.65 Å². The third-order valence-corrected chi connectivity index (χ3v) is 4.95. The van der Waals surface area contributed by atoms with Gasteiger partial charge in [0.1, 0.15) is 11.3 Å². The summed E-state index contributed by atoms with van der Waals surface area (Å²) in [7, 11) is 1.78. The Hall–Kier alpha value is -2.96. The van der Waals surface area contributed by atoms with Crippen molar-refractivity contribution in [3.63, 3.8) is 0 Å². The summed E-state index contributed by atoms with van der Waals surface area (Å²) in [4.78, 5) is 19.1. The summed E-state index contributed by atoms with van der Waals surface area (Å²) >= 11 is 0. The van der Waals surface area contributed by atoms with Crippen LogP contribution in [0.5, 0.6) is 5.75 Å². The number of pyridine rings is 1. The van der Waals surface area contributed by atoms with Crippen LogP contribution in [0.15, 0.2) is 36.5 Å². The van der Waals surface area contributed by atoms with E-state index in [-0.39, 0.29) is 11.7 Å². The van der Waals surface area contributed by atoms with Crippen molar-refractivity contribution in [3.05, 3.63) is 47.7 Å². The van der Waals surface area contributed by atoms with Crippen LogP contribution in [-0.2, 0) is 13.5 Å². The Labute approximate surface area is 151 Å². The molecule has 1 saturated heterocycles. The highest BCUT2D eigenvalue weighted by Crippen LogP contribution is 2.23. The van der Waals surface area contributed by atoms with Gasteiger partial charge in [0.05, 0.1) is 5.56 Å². The number of hydrogen-bond donors (Lipinski definition) is 1. The molecule has 0 saturated carbocycles. The number of nitrogens with zero attached hydrogens (tertiary/aromatic N) is 5. The van der Waals surface area contributed by atoms with Crippen LogP contribution >= 0.6 is 0 Å². The molecule has 1 aliphatic rings. The average Bonchev–Trinajstić information content (AvgIpc) is 3.04. The second kappa shape index (κ2) is 6.74. The maximum Gasteiger partial charge on any atom is 0.255 e. The average molecular weight is 351 g/mol. The Morgan fingerprint density at radius 2 is 2.12 bits per heavy atom. The van der Waals surface area contributed by atoms with E-state index < -0.39 is 0 Å². The first-order valence-electron chi connectivity index (χ1n) is 8.83. The molecule has 7 nitrogen and oxygen atoms in total. The van der Waals surface area contributed by atoms with Gasteiger partial charge < -0.3 is 10.0 Å². The summed E-state index contributed by atoms with van der Waals surface area (Å²) < 4.78 is 1.60. The molecule has 26 heavy (non-hydrogen) atoms. The molecular weight excluding hydrogens is 330 g/mol. The van der Waals surface area contributed by atoms with E-state index in [9.17, 15) is 9.90 Å². The minimum Gasteiger partial charge on any atom is -0.508 e. The molecule has 1 atom stereocenters. The van der Waals surface area contributed by atoms with Crippen molar-refractivity contribution in [1.82, 2.24) is 24.9 Å². The summed E-state index contributed by atoms with van der Waals surface area (Å²) in [5, 5.41) is 17.4. The van der Waals surface area contributed by atoms with Crippen molar-refractivity contribution in [1.29, 1.82) is 0 Å². The number of phenols is 1. The molecule has 1 amide bonds. The van der Waals surface area contributed by atoms with Gasteiger partial charge in [-0.25, -0.2) is 9.67 Å². The van der Waals surface area contributed by atoms with Crippen molar-refractivity contribution < 1.29 is 9.90 Å². The highest BCUT2D eigenvalue weighted by Gasteiger charge is 2.25. The van der Waals surface area contributed by atoms with E-state index in [0.717, 1.165) is 32.4 Å². The van der Waals surface area contributed by atoms with Crippen molar-refractivity contribution >= 4 is 17.1 Å². The van der Waals surface area contributed by atoms with Gasteiger partial charge >= 0.3 is 0 Å². The van der Waals surface area contributed by atoms with E-state index in [2.05, 4.69) is 15.3 Å². The minimum absolute atomic E-state index is 0.000425. The number of piperidine rings is 1. The van der Waals surface area contributed by atoms with E-state index in [0.29, 0.717) is 22.6 Å². The molecule has 1 unspecified atom stereocenters. The number of hydrogen-bond acceptors (Lipinski definition) is 5. The van der Waals surface area contributed by atoms with Crippen LogP contribution in [0, 0.1) is 5.92 Å². The van der Waals surface area contributed by atoms with E-state index in [4.69, 9.17) is 0 Å². The van der Waals surface area contributed by atoms with Gasteiger partial charge in [0.2, 0.25) is 0 Å². The van der Waals surface area contributed by atoms with Crippen LogP contribution in [0.4, 0.5) is 0 Å². The smallest absolute Gasteiger partial charge is 0.255 e. The first-order chi connectivity index (χ1) is 12.6. The lowest BCUT2D eigenvalue weighted by molar-refractivity contribution is 0.0673. The highest BCUT2D eigenvalue weighted by atomic mass is 16.3. The van der Waals surface area contributed by atoms with Gasteiger partial charge in [-0.3, -0.25) is 4.79 Å². The Balaban J connectivity index is 1.47. The number of rotatable bonds is 3. The van der Waals surface area contributed by atoms with Crippen molar-refractivity contribution in [2.24, 2.45) is 13.0 Å². The standard InChI is InChI=1S/C19H21N5O2/c1-23-18-17(21-22-23)10-15(11-20-18)19(26)24-8-2-3-14(12-24)9-13-4-6-16(25)7-5-13/h4-7,10-11,14,25H,2-3,8-9,12H2,1H3. The maximum atomic E-state index is 12.9.